The van der Waals surface area contributed by atoms with Crippen LogP contribution in [0.15, 0.2) is 14.9 Å². The van der Waals surface area contributed by atoms with Gasteiger partial charge < -0.3 is 5.43 Å². The Balaban J connectivity index is 2.46. The molecule has 2 aromatic heterocycles. The highest BCUT2D eigenvalue weighted by atomic mass is 32.2. The molecule has 0 aliphatic rings. The minimum atomic E-state index is -0.143. The van der Waals surface area contributed by atoms with Crippen LogP contribution in [0.4, 0.5) is 5.82 Å². The highest BCUT2D eigenvalue weighted by Crippen LogP contribution is 2.33. The molecule has 19 heavy (non-hydrogen) atoms. The van der Waals surface area contributed by atoms with Crippen molar-refractivity contribution in [2.75, 3.05) is 5.43 Å². The van der Waals surface area contributed by atoms with Gasteiger partial charge in [-0.15, -0.1) is 10.2 Å². The molecule has 102 valence electrons. The van der Waals surface area contributed by atoms with E-state index in [-0.39, 0.29) is 5.41 Å². The number of nitrogen functional groups attached to an aromatic ring is 1. The van der Waals surface area contributed by atoms with E-state index in [0.717, 1.165) is 20.8 Å². The number of nitrogens with zero attached hydrogens (tertiary/aromatic N) is 4. The summed E-state index contributed by atoms with van der Waals surface area (Å²) >= 11 is 2.96. The molecule has 0 radical (unpaired) electrons. The molecule has 3 N–H and O–H groups in total. The normalized spacial score (nSPS) is 11.6. The monoisotopic (exact) mass is 296 g/mol. The van der Waals surface area contributed by atoms with Crippen LogP contribution in [-0.2, 0) is 5.41 Å². The van der Waals surface area contributed by atoms with Crippen molar-refractivity contribution >= 4 is 28.9 Å². The van der Waals surface area contributed by atoms with E-state index in [9.17, 15) is 0 Å². The Hall–Kier alpha value is -1.25. The Bertz CT molecular complexity index is 561. The smallest absolute Gasteiger partial charge is 0.180 e. The van der Waals surface area contributed by atoms with Crippen LogP contribution in [-0.4, -0.2) is 20.2 Å². The maximum atomic E-state index is 5.53. The number of nitrogens with one attached hydrogen (secondary N) is 1. The van der Waals surface area contributed by atoms with E-state index in [4.69, 9.17) is 5.84 Å². The lowest BCUT2D eigenvalue weighted by Crippen LogP contribution is -2.20. The van der Waals surface area contributed by atoms with Gasteiger partial charge in [0.05, 0.1) is 0 Å². The van der Waals surface area contributed by atoms with Crippen molar-refractivity contribution in [1.29, 1.82) is 0 Å². The van der Waals surface area contributed by atoms with Crippen LogP contribution in [0.2, 0.25) is 0 Å². The van der Waals surface area contributed by atoms with Crippen molar-refractivity contribution in [1.82, 2.24) is 20.2 Å². The average molecular weight is 296 g/mol. The molecule has 0 fully saturated rings. The summed E-state index contributed by atoms with van der Waals surface area (Å²) in [6, 6.07) is 0. The van der Waals surface area contributed by atoms with Crippen LogP contribution >= 0.6 is 23.1 Å². The Morgan fingerprint density at radius 3 is 2.58 bits per heavy atom. The van der Waals surface area contributed by atoms with Crippen molar-refractivity contribution in [3.05, 3.63) is 16.9 Å². The molecule has 0 atom stereocenters. The van der Waals surface area contributed by atoms with Gasteiger partial charge in [-0.1, -0.05) is 32.1 Å². The number of hydrazine groups is 1. The molecular weight excluding hydrogens is 280 g/mol. The van der Waals surface area contributed by atoms with Crippen LogP contribution in [0.25, 0.3) is 0 Å². The van der Waals surface area contributed by atoms with Crippen molar-refractivity contribution in [3.63, 3.8) is 0 Å². The SMILES string of the molecule is Cc1c(NN)nc(C(C)(C)C)nc1Sc1nncs1. The molecule has 0 bridgehead atoms. The van der Waals surface area contributed by atoms with Crippen LogP contribution in [0.1, 0.15) is 32.2 Å². The van der Waals surface area contributed by atoms with Gasteiger partial charge in [-0.25, -0.2) is 15.8 Å². The van der Waals surface area contributed by atoms with Crippen molar-refractivity contribution in [2.45, 2.75) is 42.5 Å². The molecule has 0 aliphatic carbocycles. The van der Waals surface area contributed by atoms with Gasteiger partial charge in [0.25, 0.3) is 0 Å². The fourth-order valence-corrected chi connectivity index (χ4v) is 2.83. The number of nitrogens with two attached hydrogens (primary N) is 1. The van der Waals surface area contributed by atoms with E-state index < -0.39 is 0 Å². The van der Waals surface area contributed by atoms with Gasteiger partial charge in [-0.2, -0.15) is 0 Å². The van der Waals surface area contributed by atoms with Gasteiger partial charge in [-0.3, -0.25) is 0 Å². The van der Waals surface area contributed by atoms with E-state index in [0.29, 0.717) is 5.82 Å². The number of aromatic nitrogens is 4. The fraction of sp³-hybridized carbons (Fsp3) is 0.455. The molecule has 0 aliphatic heterocycles. The summed E-state index contributed by atoms with van der Waals surface area (Å²) in [5.41, 5.74) is 5.10. The highest BCUT2D eigenvalue weighted by molar-refractivity contribution is 8.01. The summed E-state index contributed by atoms with van der Waals surface area (Å²) < 4.78 is 0.852. The summed E-state index contributed by atoms with van der Waals surface area (Å²) in [7, 11) is 0. The number of hydrogen-bond donors (Lipinski definition) is 2. The summed E-state index contributed by atoms with van der Waals surface area (Å²) in [5, 5.41) is 8.70. The second-order valence-electron chi connectivity index (χ2n) is 5.03. The second-order valence-corrected chi connectivity index (χ2v) is 7.10. The second kappa shape index (κ2) is 5.40. The molecule has 2 rings (SSSR count). The number of anilines is 1. The molecule has 2 aromatic rings. The molecule has 0 amide bonds. The highest BCUT2D eigenvalue weighted by Gasteiger charge is 2.21. The zero-order chi connectivity index (χ0) is 14.0. The summed E-state index contributed by atoms with van der Waals surface area (Å²) in [6.45, 7) is 8.14. The molecule has 0 saturated carbocycles. The summed E-state index contributed by atoms with van der Waals surface area (Å²) in [4.78, 5) is 9.08. The van der Waals surface area contributed by atoms with Gasteiger partial charge in [0.1, 0.15) is 22.2 Å². The lowest BCUT2D eigenvalue weighted by Gasteiger charge is -2.19. The molecule has 0 saturated heterocycles. The van der Waals surface area contributed by atoms with Gasteiger partial charge in [0, 0.05) is 11.0 Å². The van der Waals surface area contributed by atoms with Crippen LogP contribution in [0, 0.1) is 6.92 Å². The van der Waals surface area contributed by atoms with E-state index in [2.05, 4.69) is 46.4 Å². The fourth-order valence-electron chi connectivity index (χ4n) is 1.36. The lowest BCUT2D eigenvalue weighted by atomic mass is 9.95. The maximum Gasteiger partial charge on any atom is 0.180 e. The van der Waals surface area contributed by atoms with Gasteiger partial charge in [-0.05, 0) is 18.7 Å². The molecule has 0 unspecified atom stereocenters. The van der Waals surface area contributed by atoms with Gasteiger partial charge in [0.15, 0.2) is 4.34 Å². The third kappa shape index (κ3) is 3.20. The zero-order valence-corrected chi connectivity index (χ0v) is 12.9. The molecular formula is C11H16N6S2. The Morgan fingerprint density at radius 1 is 1.32 bits per heavy atom. The Morgan fingerprint density at radius 2 is 2.05 bits per heavy atom. The first-order valence-corrected chi connectivity index (χ1v) is 7.41. The Labute approximate surface area is 120 Å². The quantitative estimate of drug-likeness (QED) is 0.510. The standard InChI is InChI=1S/C11H16N6S2/c1-6-7(16-12)14-9(11(2,3)4)15-8(6)19-10-17-13-5-18-10/h5H,12H2,1-4H3,(H,14,15,16). The molecule has 0 spiro atoms. The van der Waals surface area contributed by atoms with Crippen molar-refractivity contribution in [2.24, 2.45) is 5.84 Å². The average Bonchev–Trinajstić information content (AvgIpc) is 2.83. The molecule has 6 nitrogen and oxygen atoms in total. The summed E-state index contributed by atoms with van der Waals surface area (Å²) in [6.07, 6.45) is 0. The number of hydrogen-bond acceptors (Lipinski definition) is 8. The maximum absolute atomic E-state index is 5.53. The third-order valence-corrected chi connectivity index (χ3v) is 4.30. The van der Waals surface area contributed by atoms with Crippen LogP contribution < -0.4 is 11.3 Å². The first kappa shape index (κ1) is 14.2. The number of rotatable bonds is 3. The third-order valence-electron chi connectivity index (χ3n) is 2.43. The molecule has 8 heteroatoms. The van der Waals surface area contributed by atoms with E-state index in [1.807, 2.05) is 6.92 Å². The predicted octanol–water partition coefficient (Wildman–Crippen LogP) is 2.37. The predicted molar refractivity (Wildman–Crippen MR) is 77.3 cm³/mol. The zero-order valence-electron chi connectivity index (χ0n) is 11.3. The topological polar surface area (TPSA) is 89.6 Å². The van der Waals surface area contributed by atoms with Gasteiger partial charge >= 0.3 is 0 Å². The first-order valence-electron chi connectivity index (χ1n) is 5.71. The molecule has 2 heterocycles. The van der Waals surface area contributed by atoms with Gasteiger partial charge in [0.2, 0.25) is 0 Å². The molecule has 0 aromatic carbocycles. The van der Waals surface area contributed by atoms with Crippen molar-refractivity contribution < 1.29 is 0 Å². The summed E-state index contributed by atoms with van der Waals surface area (Å²) in [5.74, 6) is 6.92. The van der Waals surface area contributed by atoms with E-state index >= 15 is 0 Å². The largest absolute Gasteiger partial charge is 0.308 e. The Kier molecular flexibility index (Phi) is 4.02. The van der Waals surface area contributed by atoms with Crippen molar-refractivity contribution in [3.8, 4) is 0 Å². The first-order chi connectivity index (χ1) is 8.91. The lowest BCUT2D eigenvalue weighted by molar-refractivity contribution is 0.538. The van der Waals surface area contributed by atoms with E-state index in [1.165, 1.54) is 23.1 Å². The minimum absolute atomic E-state index is 0.143. The van der Waals surface area contributed by atoms with Crippen LogP contribution in [0.5, 0.6) is 0 Å². The minimum Gasteiger partial charge on any atom is -0.308 e. The van der Waals surface area contributed by atoms with E-state index in [1.54, 1.807) is 5.51 Å². The van der Waals surface area contributed by atoms with Crippen LogP contribution in [0.3, 0.4) is 0 Å².